The van der Waals surface area contributed by atoms with E-state index >= 15 is 0 Å². The van der Waals surface area contributed by atoms with Crippen LogP contribution in [0.4, 0.5) is 11.5 Å². The number of anilines is 1. The van der Waals surface area contributed by atoms with Gasteiger partial charge in [-0.25, -0.2) is 4.68 Å². The molecule has 0 fully saturated rings. The third kappa shape index (κ3) is 2.21. The summed E-state index contributed by atoms with van der Waals surface area (Å²) in [6, 6.07) is -0.0428. The average molecular weight is 224 g/mol. The van der Waals surface area contributed by atoms with Gasteiger partial charge in [0.05, 0.1) is 4.92 Å². The molecule has 1 aromatic heterocycles. The van der Waals surface area contributed by atoms with Crippen molar-refractivity contribution < 1.29 is 4.92 Å². The van der Waals surface area contributed by atoms with Crippen LogP contribution in [-0.4, -0.2) is 20.7 Å². The number of hydrogen-bond acceptors (Lipinski definition) is 4. The van der Waals surface area contributed by atoms with Crippen molar-refractivity contribution in [3.05, 3.63) is 28.5 Å². The van der Waals surface area contributed by atoms with E-state index in [1.54, 1.807) is 13.1 Å². The lowest BCUT2D eigenvalue weighted by atomic mass is 10.2. The molecular formula is C10H16N4O2. The van der Waals surface area contributed by atoms with E-state index in [1.807, 2.05) is 13.8 Å². The highest BCUT2D eigenvalue weighted by atomic mass is 16.6. The molecule has 0 saturated carbocycles. The molecule has 0 saturated heterocycles. The van der Waals surface area contributed by atoms with Gasteiger partial charge in [0, 0.05) is 13.1 Å². The Labute approximate surface area is 94.1 Å². The molecule has 0 bridgehead atoms. The fourth-order valence-electron chi connectivity index (χ4n) is 1.43. The normalized spacial score (nSPS) is 12.2. The second kappa shape index (κ2) is 4.78. The summed E-state index contributed by atoms with van der Waals surface area (Å²) in [4.78, 5) is 10.6. The Morgan fingerprint density at radius 1 is 1.75 bits per heavy atom. The topological polar surface area (TPSA) is 73.0 Å². The van der Waals surface area contributed by atoms with E-state index in [1.165, 1.54) is 4.68 Å². The van der Waals surface area contributed by atoms with Crippen LogP contribution in [0.5, 0.6) is 0 Å². The van der Waals surface area contributed by atoms with Crippen LogP contribution in [-0.2, 0) is 13.5 Å². The fraction of sp³-hybridized carbons (Fsp3) is 0.500. The number of hydrogen-bond donors (Lipinski definition) is 1. The predicted molar refractivity (Wildman–Crippen MR) is 62.5 cm³/mol. The minimum absolute atomic E-state index is 0.0428. The Bertz CT molecular complexity index is 411. The Balaban J connectivity index is 3.19. The number of nitrogens with one attached hydrogen (secondary N) is 1. The van der Waals surface area contributed by atoms with Crippen molar-refractivity contribution in [1.82, 2.24) is 9.78 Å². The summed E-state index contributed by atoms with van der Waals surface area (Å²) in [7, 11) is 1.68. The van der Waals surface area contributed by atoms with E-state index in [0.29, 0.717) is 17.9 Å². The molecule has 88 valence electrons. The summed E-state index contributed by atoms with van der Waals surface area (Å²) in [5.74, 6) is 0.425. The Morgan fingerprint density at radius 3 is 2.81 bits per heavy atom. The first-order chi connectivity index (χ1) is 7.51. The first kappa shape index (κ1) is 12.2. The van der Waals surface area contributed by atoms with Crippen LogP contribution in [0.25, 0.3) is 0 Å². The Morgan fingerprint density at radius 2 is 2.38 bits per heavy atom. The number of nitro groups is 1. The standard InChI is InChI=1S/C10H16N4O2/c1-5-7(3)11-10-9(14(15)16)8(6-2)12-13(10)4/h5,7,11H,1,6H2,2-4H3. The smallest absolute Gasteiger partial charge is 0.333 e. The van der Waals surface area contributed by atoms with Crippen molar-refractivity contribution in [1.29, 1.82) is 0 Å². The molecule has 0 aromatic carbocycles. The van der Waals surface area contributed by atoms with Crippen molar-refractivity contribution >= 4 is 11.5 Å². The molecule has 1 N–H and O–H groups in total. The maximum atomic E-state index is 11.0. The summed E-state index contributed by atoms with van der Waals surface area (Å²) >= 11 is 0. The highest BCUT2D eigenvalue weighted by Crippen LogP contribution is 2.28. The molecule has 16 heavy (non-hydrogen) atoms. The van der Waals surface area contributed by atoms with Gasteiger partial charge in [0.15, 0.2) is 0 Å². The maximum Gasteiger partial charge on any atom is 0.333 e. The van der Waals surface area contributed by atoms with Gasteiger partial charge in [-0.15, -0.1) is 6.58 Å². The lowest BCUT2D eigenvalue weighted by Gasteiger charge is -2.09. The van der Waals surface area contributed by atoms with Crippen LogP contribution in [0, 0.1) is 10.1 Å². The van der Waals surface area contributed by atoms with Gasteiger partial charge in [0.1, 0.15) is 5.69 Å². The van der Waals surface area contributed by atoms with Crippen LogP contribution in [0.1, 0.15) is 19.5 Å². The second-order valence-corrected chi connectivity index (χ2v) is 3.55. The van der Waals surface area contributed by atoms with Gasteiger partial charge in [-0.3, -0.25) is 10.1 Å². The summed E-state index contributed by atoms with van der Waals surface area (Å²) in [5, 5.41) is 18.1. The van der Waals surface area contributed by atoms with E-state index < -0.39 is 4.92 Å². The third-order valence-corrected chi connectivity index (χ3v) is 2.33. The molecule has 0 radical (unpaired) electrons. The van der Waals surface area contributed by atoms with Gasteiger partial charge in [0.25, 0.3) is 0 Å². The highest BCUT2D eigenvalue weighted by Gasteiger charge is 2.25. The monoisotopic (exact) mass is 224 g/mol. The van der Waals surface area contributed by atoms with E-state index in [-0.39, 0.29) is 11.7 Å². The number of aromatic nitrogens is 2. The van der Waals surface area contributed by atoms with Crippen molar-refractivity contribution in [2.75, 3.05) is 5.32 Å². The van der Waals surface area contributed by atoms with E-state index in [9.17, 15) is 10.1 Å². The van der Waals surface area contributed by atoms with E-state index in [0.717, 1.165) is 0 Å². The molecule has 1 rings (SSSR count). The summed E-state index contributed by atoms with van der Waals surface area (Å²) in [5.41, 5.74) is 0.546. The summed E-state index contributed by atoms with van der Waals surface area (Å²) in [6.45, 7) is 7.34. The first-order valence-electron chi connectivity index (χ1n) is 5.10. The summed E-state index contributed by atoms with van der Waals surface area (Å²) < 4.78 is 1.50. The molecule has 0 spiro atoms. The molecule has 6 heteroatoms. The van der Waals surface area contributed by atoms with Crippen molar-refractivity contribution in [2.45, 2.75) is 26.3 Å². The minimum Gasteiger partial charge on any atom is -0.359 e. The lowest BCUT2D eigenvalue weighted by molar-refractivity contribution is -0.384. The van der Waals surface area contributed by atoms with Gasteiger partial charge in [0.2, 0.25) is 5.82 Å². The maximum absolute atomic E-state index is 11.0. The molecule has 0 aliphatic rings. The number of aryl methyl sites for hydroxylation is 2. The van der Waals surface area contributed by atoms with Gasteiger partial charge in [-0.2, -0.15) is 5.10 Å². The van der Waals surface area contributed by atoms with Gasteiger partial charge in [-0.1, -0.05) is 13.0 Å². The number of nitrogens with zero attached hydrogens (tertiary/aromatic N) is 3. The van der Waals surface area contributed by atoms with Crippen LogP contribution < -0.4 is 5.32 Å². The average Bonchev–Trinajstić information content (AvgIpc) is 2.55. The molecule has 0 aliphatic heterocycles. The van der Waals surface area contributed by atoms with Crippen molar-refractivity contribution in [3.63, 3.8) is 0 Å². The zero-order valence-electron chi connectivity index (χ0n) is 9.73. The third-order valence-electron chi connectivity index (χ3n) is 2.33. The quantitative estimate of drug-likeness (QED) is 0.471. The molecule has 0 amide bonds. The fourth-order valence-corrected chi connectivity index (χ4v) is 1.43. The molecule has 0 aliphatic carbocycles. The highest BCUT2D eigenvalue weighted by molar-refractivity contribution is 5.60. The Hall–Kier alpha value is -1.85. The van der Waals surface area contributed by atoms with E-state index in [2.05, 4.69) is 17.0 Å². The van der Waals surface area contributed by atoms with Crippen molar-refractivity contribution in [2.24, 2.45) is 7.05 Å². The SMILES string of the molecule is C=CC(C)Nc1c([N+](=O)[O-])c(CC)nn1C. The van der Waals surface area contributed by atoms with Crippen LogP contribution in [0.3, 0.4) is 0 Å². The minimum atomic E-state index is -0.399. The van der Waals surface area contributed by atoms with Gasteiger partial charge < -0.3 is 5.32 Å². The molecule has 1 atom stereocenters. The van der Waals surface area contributed by atoms with E-state index in [4.69, 9.17) is 0 Å². The second-order valence-electron chi connectivity index (χ2n) is 3.55. The number of rotatable bonds is 5. The van der Waals surface area contributed by atoms with Gasteiger partial charge in [-0.05, 0) is 13.3 Å². The first-order valence-corrected chi connectivity index (χ1v) is 5.10. The van der Waals surface area contributed by atoms with Crippen LogP contribution >= 0.6 is 0 Å². The molecule has 1 aromatic rings. The summed E-state index contributed by atoms with van der Waals surface area (Å²) in [6.07, 6.45) is 2.22. The largest absolute Gasteiger partial charge is 0.359 e. The molecule has 6 nitrogen and oxygen atoms in total. The zero-order chi connectivity index (χ0) is 12.3. The van der Waals surface area contributed by atoms with Crippen molar-refractivity contribution in [3.8, 4) is 0 Å². The van der Waals surface area contributed by atoms with Crippen LogP contribution in [0.15, 0.2) is 12.7 Å². The predicted octanol–water partition coefficient (Wildman–Crippen LogP) is 1.88. The molecular weight excluding hydrogens is 208 g/mol. The van der Waals surface area contributed by atoms with Gasteiger partial charge >= 0.3 is 5.69 Å². The van der Waals surface area contributed by atoms with Crippen LogP contribution in [0.2, 0.25) is 0 Å². The lowest BCUT2D eigenvalue weighted by Crippen LogP contribution is -2.15. The Kier molecular flexibility index (Phi) is 3.65. The molecule has 1 heterocycles. The zero-order valence-corrected chi connectivity index (χ0v) is 9.73. The molecule has 1 unspecified atom stereocenters.